The third-order valence-electron chi connectivity index (χ3n) is 6.49. The van der Waals surface area contributed by atoms with E-state index in [1.165, 1.54) is 0 Å². The van der Waals surface area contributed by atoms with Crippen LogP contribution < -0.4 is 20.4 Å². The number of aromatic nitrogens is 3. The molecule has 192 valence electrons. The third-order valence-corrected chi connectivity index (χ3v) is 6.49. The fourth-order valence-corrected chi connectivity index (χ4v) is 4.75. The van der Waals surface area contributed by atoms with Crippen LogP contribution in [0, 0.1) is 6.92 Å². The van der Waals surface area contributed by atoms with E-state index in [1.807, 2.05) is 16.7 Å². The van der Waals surface area contributed by atoms with Crippen LogP contribution >= 0.6 is 0 Å². The predicted molar refractivity (Wildman–Crippen MR) is 141 cm³/mol. The maximum absolute atomic E-state index is 13.0. The van der Waals surface area contributed by atoms with Crippen molar-refractivity contribution in [3.8, 4) is 11.5 Å². The Morgan fingerprint density at radius 3 is 2.69 bits per heavy atom. The topological polar surface area (TPSA) is 93.9 Å². The molecule has 9 nitrogen and oxygen atoms in total. The highest BCUT2D eigenvalue weighted by molar-refractivity contribution is 5.97. The van der Waals surface area contributed by atoms with Crippen LogP contribution in [0.3, 0.4) is 0 Å². The minimum atomic E-state index is -0.375. The van der Waals surface area contributed by atoms with Crippen molar-refractivity contribution in [3.05, 3.63) is 47.3 Å². The second-order valence-electron chi connectivity index (χ2n) is 9.51. The second kappa shape index (κ2) is 11.1. The third kappa shape index (κ3) is 5.21. The quantitative estimate of drug-likeness (QED) is 0.454. The van der Waals surface area contributed by atoms with Crippen molar-refractivity contribution >= 4 is 22.6 Å². The number of methoxy groups -OCH3 is 1. The Kier molecular flexibility index (Phi) is 7.88. The molecule has 1 aliphatic heterocycles. The summed E-state index contributed by atoms with van der Waals surface area (Å²) in [6.07, 6.45) is 2.55. The van der Waals surface area contributed by atoms with Crippen molar-refractivity contribution in [1.82, 2.24) is 19.4 Å². The summed E-state index contributed by atoms with van der Waals surface area (Å²) in [5, 5.41) is 4.30. The number of fused-ring (bicyclic) bond motifs is 3. The number of nitrogens with one attached hydrogen (secondary N) is 1. The smallest absolute Gasteiger partial charge is 0.282 e. The van der Waals surface area contributed by atoms with Gasteiger partial charge in [0.15, 0.2) is 11.5 Å². The molecular weight excluding hydrogens is 456 g/mol. The molecule has 3 heterocycles. The Balaban J connectivity index is 1.67. The molecule has 36 heavy (non-hydrogen) atoms. The molecule has 0 aliphatic carbocycles. The van der Waals surface area contributed by atoms with E-state index in [0.717, 1.165) is 30.7 Å². The predicted octanol–water partition coefficient (Wildman–Crippen LogP) is 3.80. The molecule has 1 N–H and O–H groups in total. The summed E-state index contributed by atoms with van der Waals surface area (Å²) < 4.78 is 13.8. The van der Waals surface area contributed by atoms with Gasteiger partial charge in [-0.15, -0.1) is 0 Å². The molecule has 0 radical (unpaired) electrons. The van der Waals surface area contributed by atoms with E-state index in [1.54, 1.807) is 32.4 Å². The standard InChI is InChI=1S/C27H36N6O3/c1-17(2)32(18(3)4)14-8-16-36-22-11-10-21-23(24(22)35-6)30-27(33-15-13-29-25(21)33)31-26(34)20-9-7-12-28-19(20)5/h7,9-12,17-18,29H,8,13-16H2,1-6H3. The Labute approximate surface area is 212 Å². The Hall–Kier alpha value is -3.46. The van der Waals surface area contributed by atoms with E-state index < -0.39 is 0 Å². The van der Waals surface area contributed by atoms with Gasteiger partial charge in [-0.25, -0.2) is 4.98 Å². The molecule has 1 aromatic carbocycles. The molecule has 1 amide bonds. The van der Waals surface area contributed by atoms with Gasteiger partial charge in [0.1, 0.15) is 11.3 Å². The molecule has 9 heteroatoms. The first kappa shape index (κ1) is 25.6. The van der Waals surface area contributed by atoms with Gasteiger partial charge in [0.25, 0.3) is 5.91 Å². The highest BCUT2D eigenvalue weighted by Crippen LogP contribution is 2.37. The Bertz CT molecular complexity index is 1310. The number of anilines is 1. The number of pyridine rings is 1. The van der Waals surface area contributed by atoms with Gasteiger partial charge >= 0.3 is 0 Å². The summed E-state index contributed by atoms with van der Waals surface area (Å²) in [5.74, 6) is 1.65. The zero-order chi connectivity index (χ0) is 25.8. The number of carbonyl (C=O) groups excluding carboxylic acids is 1. The molecule has 0 saturated heterocycles. The van der Waals surface area contributed by atoms with Gasteiger partial charge in [-0.05, 0) is 65.3 Å². The lowest BCUT2D eigenvalue weighted by molar-refractivity contribution is 0.0995. The van der Waals surface area contributed by atoms with E-state index in [4.69, 9.17) is 14.5 Å². The highest BCUT2D eigenvalue weighted by atomic mass is 16.5. The number of rotatable bonds is 9. The maximum Gasteiger partial charge on any atom is 0.282 e. The minimum absolute atomic E-state index is 0.329. The summed E-state index contributed by atoms with van der Waals surface area (Å²) in [5.41, 5.74) is 2.03. The number of hydrogen-bond acceptors (Lipinski definition) is 7. The molecular formula is C27H36N6O3. The number of nitrogens with zero attached hydrogens (tertiary/aromatic N) is 5. The minimum Gasteiger partial charge on any atom is -0.491 e. The largest absolute Gasteiger partial charge is 0.491 e. The number of amides is 1. The average molecular weight is 493 g/mol. The summed E-state index contributed by atoms with van der Waals surface area (Å²) in [6, 6.07) is 8.33. The number of hydrogen-bond donors (Lipinski definition) is 1. The Morgan fingerprint density at radius 1 is 1.22 bits per heavy atom. The Morgan fingerprint density at radius 2 is 2.00 bits per heavy atom. The molecule has 1 aliphatic rings. The molecule has 0 saturated carbocycles. The molecule has 0 unspecified atom stereocenters. The highest BCUT2D eigenvalue weighted by Gasteiger charge is 2.21. The van der Waals surface area contributed by atoms with Gasteiger partial charge in [-0.3, -0.25) is 19.2 Å². The van der Waals surface area contributed by atoms with Gasteiger partial charge < -0.3 is 14.8 Å². The molecule has 4 rings (SSSR count). The van der Waals surface area contributed by atoms with Crippen molar-refractivity contribution in [2.75, 3.05) is 32.1 Å². The summed E-state index contributed by atoms with van der Waals surface area (Å²) in [6.45, 7) is 13.6. The van der Waals surface area contributed by atoms with Crippen LogP contribution in [0.15, 0.2) is 35.5 Å². The average Bonchev–Trinajstić information content (AvgIpc) is 3.34. The van der Waals surface area contributed by atoms with E-state index in [0.29, 0.717) is 59.1 Å². The van der Waals surface area contributed by atoms with Gasteiger partial charge in [-0.1, -0.05) is 0 Å². The summed E-state index contributed by atoms with van der Waals surface area (Å²) in [7, 11) is 1.61. The van der Waals surface area contributed by atoms with E-state index in [-0.39, 0.29) is 5.91 Å². The van der Waals surface area contributed by atoms with Crippen molar-refractivity contribution in [1.29, 1.82) is 0 Å². The fraction of sp³-hybridized carbons (Fsp3) is 0.481. The molecule has 0 spiro atoms. The lowest BCUT2D eigenvalue weighted by Gasteiger charge is -2.30. The molecule has 0 atom stereocenters. The molecule has 0 bridgehead atoms. The van der Waals surface area contributed by atoms with Gasteiger partial charge in [0.2, 0.25) is 5.62 Å². The van der Waals surface area contributed by atoms with Crippen molar-refractivity contribution < 1.29 is 14.3 Å². The van der Waals surface area contributed by atoms with E-state index in [2.05, 4.69) is 47.9 Å². The number of benzene rings is 1. The first-order valence-corrected chi connectivity index (χ1v) is 12.6. The monoisotopic (exact) mass is 492 g/mol. The van der Waals surface area contributed by atoms with Crippen LogP contribution in [-0.2, 0) is 6.54 Å². The van der Waals surface area contributed by atoms with Gasteiger partial charge in [-0.2, -0.15) is 4.99 Å². The van der Waals surface area contributed by atoms with Crippen LogP contribution in [-0.4, -0.2) is 64.2 Å². The number of aryl methyl sites for hydroxylation is 1. The molecule has 0 fully saturated rings. The summed E-state index contributed by atoms with van der Waals surface area (Å²) in [4.78, 5) is 28.8. The van der Waals surface area contributed by atoms with E-state index in [9.17, 15) is 4.79 Å². The SMILES string of the molecule is COc1c(OCCCN(C(C)C)C(C)C)ccc2c3n(c(=NC(=O)c4cccnc4C)nc12)CCN3. The van der Waals surface area contributed by atoms with Gasteiger partial charge in [0, 0.05) is 43.3 Å². The normalized spacial score (nSPS) is 13.5. The van der Waals surface area contributed by atoms with Crippen LogP contribution in [0.25, 0.3) is 10.9 Å². The first-order chi connectivity index (χ1) is 17.3. The lowest BCUT2D eigenvalue weighted by Crippen LogP contribution is -2.38. The van der Waals surface area contributed by atoms with Crippen molar-refractivity contribution in [2.45, 2.75) is 59.7 Å². The van der Waals surface area contributed by atoms with Crippen LogP contribution in [0.2, 0.25) is 0 Å². The second-order valence-corrected chi connectivity index (χ2v) is 9.51. The number of ether oxygens (including phenoxy) is 2. The number of carbonyl (C=O) groups is 1. The summed E-state index contributed by atoms with van der Waals surface area (Å²) >= 11 is 0. The first-order valence-electron chi connectivity index (χ1n) is 12.6. The van der Waals surface area contributed by atoms with E-state index >= 15 is 0 Å². The van der Waals surface area contributed by atoms with Crippen molar-refractivity contribution in [2.24, 2.45) is 4.99 Å². The lowest BCUT2D eigenvalue weighted by atomic mass is 10.2. The van der Waals surface area contributed by atoms with Crippen LogP contribution in [0.1, 0.15) is 50.2 Å². The maximum atomic E-state index is 13.0. The molecule has 2 aromatic heterocycles. The molecule has 3 aromatic rings. The zero-order valence-electron chi connectivity index (χ0n) is 22.0. The van der Waals surface area contributed by atoms with Crippen molar-refractivity contribution in [3.63, 3.8) is 0 Å². The van der Waals surface area contributed by atoms with Crippen LogP contribution in [0.4, 0.5) is 5.82 Å². The fourth-order valence-electron chi connectivity index (χ4n) is 4.75. The zero-order valence-corrected chi connectivity index (χ0v) is 22.0. The van der Waals surface area contributed by atoms with Crippen LogP contribution in [0.5, 0.6) is 11.5 Å². The van der Waals surface area contributed by atoms with Gasteiger partial charge in [0.05, 0.1) is 25.0 Å².